The molecule has 0 amide bonds. The maximum atomic E-state index is 5.72. The average molecular weight is 181 g/mol. The minimum Gasteiger partial charge on any atom is -0.369 e. The molecule has 1 rings (SSSR count). The van der Waals surface area contributed by atoms with Crippen LogP contribution in [0.3, 0.4) is 0 Å². The van der Waals surface area contributed by atoms with Gasteiger partial charge in [0.1, 0.15) is 0 Å². The van der Waals surface area contributed by atoms with Crippen LogP contribution in [0.4, 0.5) is 5.95 Å². The van der Waals surface area contributed by atoms with Gasteiger partial charge in [-0.3, -0.25) is 0 Å². The van der Waals surface area contributed by atoms with Gasteiger partial charge in [-0.25, -0.2) is 4.98 Å². The normalized spacial score (nSPS) is 12.0. The largest absolute Gasteiger partial charge is 0.369 e. The van der Waals surface area contributed by atoms with Gasteiger partial charge in [0.2, 0.25) is 0 Å². The van der Waals surface area contributed by atoms with E-state index in [-0.39, 0.29) is 0 Å². The van der Waals surface area contributed by atoms with Gasteiger partial charge < -0.3 is 10.3 Å². The molecule has 0 bridgehead atoms. The van der Waals surface area contributed by atoms with Crippen molar-refractivity contribution in [1.29, 1.82) is 0 Å². The Kier molecular flexibility index (Phi) is 2.64. The van der Waals surface area contributed by atoms with Crippen LogP contribution < -0.4 is 5.73 Å². The lowest BCUT2D eigenvalue weighted by atomic mass is 9.92. The molecule has 0 spiro atoms. The summed E-state index contributed by atoms with van der Waals surface area (Å²) in [6.45, 7) is 9.69. The Morgan fingerprint density at radius 2 is 2.08 bits per heavy atom. The van der Waals surface area contributed by atoms with E-state index in [1.165, 1.54) is 0 Å². The third kappa shape index (κ3) is 2.76. The standard InChI is InChI=1S/C10H19N3/c1-8-7-12-9(11)13(8)6-5-10(2,3)4/h7H,5-6H2,1-4H3,(H2,11,12). The summed E-state index contributed by atoms with van der Waals surface area (Å²) < 4.78 is 2.06. The predicted octanol–water partition coefficient (Wildman–Crippen LogP) is 2.21. The van der Waals surface area contributed by atoms with Crippen LogP contribution >= 0.6 is 0 Å². The number of nitrogens with zero attached hydrogens (tertiary/aromatic N) is 2. The first-order valence-electron chi connectivity index (χ1n) is 4.68. The smallest absolute Gasteiger partial charge is 0.200 e. The number of aryl methyl sites for hydroxylation is 1. The molecule has 0 atom stereocenters. The highest BCUT2D eigenvalue weighted by Gasteiger charge is 2.11. The summed E-state index contributed by atoms with van der Waals surface area (Å²) >= 11 is 0. The maximum absolute atomic E-state index is 5.72. The third-order valence-electron chi connectivity index (χ3n) is 2.17. The molecule has 0 aliphatic heterocycles. The van der Waals surface area contributed by atoms with Gasteiger partial charge in [0.05, 0.1) is 6.20 Å². The molecule has 3 nitrogen and oxygen atoms in total. The van der Waals surface area contributed by atoms with E-state index in [9.17, 15) is 0 Å². The molecule has 0 fully saturated rings. The van der Waals surface area contributed by atoms with E-state index in [1.807, 2.05) is 13.1 Å². The molecule has 0 saturated carbocycles. The summed E-state index contributed by atoms with van der Waals surface area (Å²) in [6.07, 6.45) is 2.94. The van der Waals surface area contributed by atoms with Crippen molar-refractivity contribution < 1.29 is 0 Å². The van der Waals surface area contributed by atoms with Gasteiger partial charge in [-0.1, -0.05) is 20.8 Å². The quantitative estimate of drug-likeness (QED) is 0.760. The number of imidazole rings is 1. The van der Waals surface area contributed by atoms with E-state index in [0.717, 1.165) is 18.7 Å². The van der Waals surface area contributed by atoms with Crippen LogP contribution in [0.2, 0.25) is 0 Å². The van der Waals surface area contributed by atoms with Crippen LogP contribution in [0.25, 0.3) is 0 Å². The second kappa shape index (κ2) is 3.40. The van der Waals surface area contributed by atoms with E-state index >= 15 is 0 Å². The summed E-state index contributed by atoms with van der Waals surface area (Å²) in [4.78, 5) is 4.06. The summed E-state index contributed by atoms with van der Waals surface area (Å²) in [7, 11) is 0. The minimum atomic E-state index is 0.350. The Balaban J connectivity index is 2.64. The number of hydrogen-bond acceptors (Lipinski definition) is 2. The zero-order valence-electron chi connectivity index (χ0n) is 8.96. The van der Waals surface area contributed by atoms with Crippen molar-refractivity contribution in [2.24, 2.45) is 5.41 Å². The van der Waals surface area contributed by atoms with Crippen molar-refractivity contribution >= 4 is 5.95 Å². The second-order valence-electron chi connectivity index (χ2n) is 4.72. The topological polar surface area (TPSA) is 43.8 Å². The van der Waals surface area contributed by atoms with Crippen LogP contribution in [0, 0.1) is 12.3 Å². The van der Waals surface area contributed by atoms with Gasteiger partial charge in [-0.15, -0.1) is 0 Å². The minimum absolute atomic E-state index is 0.350. The van der Waals surface area contributed by atoms with E-state index in [4.69, 9.17) is 5.73 Å². The lowest BCUT2D eigenvalue weighted by Gasteiger charge is -2.19. The van der Waals surface area contributed by atoms with Crippen LogP contribution in [-0.4, -0.2) is 9.55 Å². The van der Waals surface area contributed by atoms with E-state index in [1.54, 1.807) is 0 Å². The molecular weight excluding hydrogens is 162 g/mol. The first-order chi connectivity index (χ1) is 5.90. The number of nitrogen functional groups attached to an aromatic ring is 1. The summed E-state index contributed by atoms with van der Waals surface area (Å²) in [5.41, 5.74) is 7.21. The first-order valence-corrected chi connectivity index (χ1v) is 4.68. The fraction of sp³-hybridized carbons (Fsp3) is 0.700. The second-order valence-corrected chi connectivity index (χ2v) is 4.72. The van der Waals surface area contributed by atoms with Crippen molar-refractivity contribution in [1.82, 2.24) is 9.55 Å². The summed E-state index contributed by atoms with van der Waals surface area (Å²) in [5.74, 6) is 0.627. The predicted molar refractivity (Wildman–Crippen MR) is 55.4 cm³/mol. The molecule has 0 aliphatic carbocycles. The summed E-state index contributed by atoms with van der Waals surface area (Å²) in [6, 6.07) is 0. The molecule has 0 saturated heterocycles. The van der Waals surface area contributed by atoms with Gasteiger partial charge in [-0.05, 0) is 18.8 Å². The monoisotopic (exact) mass is 181 g/mol. The molecular formula is C10H19N3. The number of anilines is 1. The number of nitrogens with two attached hydrogens (primary N) is 1. The number of hydrogen-bond donors (Lipinski definition) is 1. The summed E-state index contributed by atoms with van der Waals surface area (Å²) in [5, 5.41) is 0. The third-order valence-corrected chi connectivity index (χ3v) is 2.17. The zero-order chi connectivity index (χ0) is 10.1. The van der Waals surface area contributed by atoms with Crippen molar-refractivity contribution in [2.75, 3.05) is 5.73 Å². The molecule has 0 unspecified atom stereocenters. The van der Waals surface area contributed by atoms with Crippen LogP contribution in [0.15, 0.2) is 6.20 Å². The SMILES string of the molecule is Cc1cnc(N)n1CCC(C)(C)C. The van der Waals surface area contributed by atoms with Crippen LogP contribution in [0.5, 0.6) is 0 Å². The van der Waals surface area contributed by atoms with Crippen LogP contribution in [0.1, 0.15) is 32.9 Å². The molecule has 1 heterocycles. The highest BCUT2D eigenvalue weighted by atomic mass is 15.1. The van der Waals surface area contributed by atoms with Gasteiger partial charge in [0.15, 0.2) is 5.95 Å². The Morgan fingerprint density at radius 3 is 2.46 bits per heavy atom. The van der Waals surface area contributed by atoms with Crippen LogP contribution in [-0.2, 0) is 6.54 Å². The number of rotatable bonds is 2. The molecule has 1 aromatic heterocycles. The Labute approximate surface area is 80.0 Å². The lowest BCUT2D eigenvalue weighted by molar-refractivity contribution is 0.350. The van der Waals surface area contributed by atoms with Crippen molar-refractivity contribution in [2.45, 2.75) is 40.7 Å². The zero-order valence-corrected chi connectivity index (χ0v) is 8.96. The Hall–Kier alpha value is -0.990. The van der Waals surface area contributed by atoms with Gasteiger partial charge in [-0.2, -0.15) is 0 Å². The highest BCUT2D eigenvalue weighted by molar-refractivity contribution is 5.21. The highest BCUT2D eigenvalue weighted by Crippen LogP contribution is 2.20. The maximum Gasteiger partial charge on any atom is 0.200 e. The van der Waals surface area contributed by atoms with E-state index in [0.29, 0.717) is 11.4 Å². The average Bonchev–Trinajstić information content (AvgIpc) is 2.27. The molecule has 1 aromatic rings. The van der Waals surface area contributed by atoms with Gasteiger partial charge >= 0.3 is 0 Å². The van der Waals surface area contributed by atoms with Crippen molar-refractivity contribution in [3.63, 3.8) is 0 Å². The Morgan fingerprint density at radius 1 is 1.46 bits per heavy atom. The Bertz CT molecular complexity index is 261. The molecule has 74 valence electrons. The lowest BCUT2D eigenvalue weighted by Crippen LogP contribution is -2.12. The molecule has 0 radical (unpaired) electrons. The molecule has 13 heavy (non-hydrogen) atoms. The molecule has 3 heteroatoms. The van der Waals surface area contributed by atoms with Gasteiger partial charge in [0.25, 0.3) is 0 Å². The number of aromatic nitrogens is 2. The molecule has 0 aliphatic rings. The van der Waals surface area contributed by atoms with Gasteiger partial charge in [0, 0.05) is 12.2 Å². The molecule has 0 aromatic carbocycles. The van der Waals surface area contributed by atoms with Crippen molar-refractivity contribution in [3.05, 3.63) is 11.9 Å². The fourth-order valence-corrected chi connectivity index (χ4v) is 1.22. The van der Waals surface area contributed by atoms with Crippen molar-refractivity contribution in [3.8, 4) is 0 Å². The van der Waals surface area contributed by atoms with E-state index < -0.39 is 0 Å². The molecule has 2 N–H and O–H groups in total. The first kappa shape index (κ1) is 10.1. The fourth-order valence-electron chi connectivity index (χ4n) is 1.22. The van der Waals surface area contributed by atoms with E-state index in [2.05, 4.69) is 30.3 Å².